The van der Waals surface area contributed by atoms with Crippen LogP contribution in [0.2, 0.25) is 5.02 Å². The summed E-state index contributed by atoms with van der Waals surface area (Å²) in [5.74, 6) is -0.334. The molecule has 1 aliphatic rings. The van der Waals surface area contributed by atoms with Gasteiger partial charge in [0.25, 0.3) is 0 Å². The van der Waals surface area contributed by atoms with Crippen molar-refractivity contribution in [2.45, 2.75) is 17.9 Å². The fourth-order valence-corrected chi connectivity index (χ4v) is 4.74. The fourth-order valence-electron chi connectivity index (χ4n) is 3.02. The molecule has 2 amide bonds. The van der Waals surface area contributed by atoms with E-state index in [1.165, 1.54) is 28.6 Å². The Bertz CT molecular complexity index is 945. The van der Waals surface area contributed by atoms with E-state index >= 15 is 0 Å². The van der Waals surface area contributed by atoms with E-state index < -0.39 is 10.0 Å². The Morgan fingerprint density at radius 1 is 1.11 bits per heavy atom. The molecule has 1 N–H and O–H groups in total. The molecule has 0 saturated carbocycles. The zero-order valence-electron chi connectivity index (χ0n) is 15.3. The number of urea groups is 1. The van der Waals surface area contributed by atoms with E-state index in [1.807, 2.05) is 6.92 Å². The molecular formula is C19H21ClFN3O3S. The van der Waals surface area contributed by atoms with Crippen LogP contribution in [0.15, 0.2) is 53.4 Å². The zero-order valence-corrected chi connectivity index (χ0v) is 16.9. The van der Waals surface area contributed by atoms with E-state index in [9.17, 15) is 17.6 Å². The minimum Gasteiger partial charge on any atom is -0.331 e. The number of nitrogens with one attached hydrogen (secondary N) is 1. The van der Waals surface area contributed by atoms with Gasteiger partial charge in [-0.3, -0.25) is 0 Å². The third-order valence-electron chi connectivity index (χ3n) is 4.67. The van der Waals surface area contributed by atoms with E-state index in [0.717, 1.165) is 5.56 Å². The molecular weight excluding hydrogens is 405 g/mol. The number of hydrogen-bond acceptors (Lipinski definition) is 3. The minimum atomic E-state index is -3.65. The number of amides is 2. The summed E-state index contributed by atoms with van der Waals surface area (Å²) in [6.07, 6.45) is 0. The predicted octanol–water partition coefficient (Wildman–Crippen LogP) is 3.26. The van der Waals surface area contributed by atoms with Gasteiger partial charge in [0.05, 0.1) is 10.9 Å². The number of rotatable bonds is 4. The van der Waals surface area contributed by atoms with Crippen molar-refractivity contribution in [1.29, 1.82) is 0 Å². The second kappa shape index (κ2) is 8.46. The van der Waals surface area contributed by atoms with E-state index in [-0.39, 0.29) is 49.0 Å². The fraction of sp³-hybridized carbons (Fsp3) is 0.316. The van der Waals surface area contributed by atoms with Crippen molar-refractivity contribution in [3.63, 3.8) is 0 Å². The van der Waals surface area contributed by atoms with Crippen molar-refractivity contribution in [1.82, 2.24) is 14.5 Å². The third-order valence-corrected chi connectivity index (χ3v) is 6.80. The number of carbonyl (C=O) groups is 1. The van der Waals surface area contributed by atoms with Crippen molar-refractivity contribution in [3.8, 4) is 0 Å². The van der Waals surface area contributed by atoms with Crippen molar-refractivity contribution in [3.05, 3.63) is 64.9 Å². The molecule has 28 heavy (non-hydrogen) atoms. The van der Waals surface area contributed by atoms with Gasteiger partial charge in [-0.25, -0.2) is 17.6 Å². The van der Waals surface area contributed by atoms with Gasteiger partial charge in [0, 0.05) is 31.2 Å². The quantitative estimate of drug-likeness (QED) is 0.817. The largest absolute Gasteiger partial charge is 0.331 e. The summed E-state index contributed by atoms with van der Waals surface area (Å²) in [5, 5.41) is 3.21. The first-order valence-electron chi connectivity index (χ1n) is 8.84. The van der Waals surface area contributed by atoms with Gasteiger partial charge in [0.2, 0.25) is 10.0 Å². The van der Waals surface area contributed by atoms with Crippen LogP contribution in [0.25, 0.3) is 0 Å². The van der Waals surface area contributed by atoms with Crippen LogP contribution in [0, 0.1) is 5.82 Å². The number of benzene rings is 2. The maximum absolute atomic E-state index is 13.0. The molecule has 1 unspecified atom stereocenters. The highest BCUT2D eigenvalue weighted by Crippen LogP contribution is 2.21. The topological polar surface area (TPSA) is 69.7 Å². The molecule has 150 valence electrons. The van der Waals surface area contributed by atoms with Gasteiger partial charge in [-0.05, 0) is 42.8 Å². The first-order valence-corrected chi connectivity index (χ1v) is 10.7. The first-order chi connectivity index (χ1) is 13.3. The predicted molar refractivity (Wildman–Crippen MR) is 105 cm³/mol. The van der Waals surface area contributed by atoms with Gasteiger partial charge in [-0.2, -0.15) is 4.31 Å². The molecule has 2 aromatic rings. The van der Waals surface area contributed by atoms with Gasteiger partial charge in [0.1, 0.15) is 5.82 Å². The lowest BCUT2D eigenvalue weighted by Gasteiger charge is -2.34. The molecule has 0 aromatic heterocycles. The van der Waals surface area contributed by atoms with Crippen molar-refractivity contribution < 1.29 is 17.6 Å². The molecule has 1 heterocycles. The number of nitrogens with zero attached hydrogens (tertiary/aromatic N) is 2. The molecule has 1 aliphatic heterocycles. The lowest BCUT2D eigenvalue weighted by atomic mass is 10.1. The van der Waals surface area contributed by atoms with Crippen molar-refractivity contribution >= 4 is 27.7 Å². The molecule has 6 nitrogen and oxygen atoms in total. The smallest absolute Gasteiger partial charge is 0.317 e. The number of halogens is 2. The number of hydrogen-bond donors (Lipinski definition) is 1. The monoisotopic (exact) mass is 425 g/mol. The van der Waals surface area contributed by atoms with Gasteiger partial charge < -0.3 is 10.2 Å². The lowest BCUT2D eigenvalue weighted by molar-refractivity contribution is 0.169. The Kier molecular flexibility index (Phi) is 6.22. The average Bonchev–Trinajstić information content (AvgIpc) is 2.68. The normalized spacial score (nSPS) is 16.6. The molecule has 0 aliphatic carbocycles. The summed E-state index contributed by atoms with van der Waals surface area (Å²) in [4.78, 5) is 14.2. The first kappa shape index (κ1) is 20.6. The Balaban J connectivity index is 1.58. The summed E-state index contributed by atoms with van der Waals surface area (Å²) in [6, 6.07) is 11.5. The van der Waals surface area contributed by atoms with Crippen LogP contribution < -0.4 is 5.32 Å². The van der Waals surface area contributed by atoms with E-state index in [2.05, 4.69) is 5.32 Å². The van der Waals surface area contributed by atoms with Crippen molar-refractivity contribution in [2.75, 3.05) is 26.2 Å². The van der Waals surface area contributed by atoms with Crippen LogP contribution in [0.1, 0.15) is 18.5 Å². The lowest BCUT2D eigenvalue weighted by Crippen LogP contribution is -2.53. The molecule has 1 saturated heterocycles. The highest BCUT2D eigenvalue weighted by molar-refractivity contribution is 7.89. The van der Waals surface area contributed by atoms with Crippen LogP contribution in [-0.2, 0) is 10.0 Å². The van der Waals surface area contributed by atoms with Gasteiger partial charge in [0.15, 0.2) is 0 Å². The molecule has 0 radical (unpaired) electrons. The molecule has 1 fully saturated rings. The third kappa shape index (κ3) is 4.63. The number of carbonyl (C=O) groups excluding carboxylic acids is 1. The van der Waals surface area contributed by atoms with Crippen LogP contribution in [0.4, 0.5) is 9.18 Å². The van der Waals surface area contributed by atoms with Crippen LogP contribution in [0.5, 0.6) is 0 Å². The maximum atomic E-state index is 13.0. The average molecular weight is 426 g/mol. The van der Waals surface area contributed by atoms with Crippen LogP contribution in [0.3, 0.4) is 0 Å². The molecule has 1 atom stereocenters. The Hall–Kier alpha value is -2.16. The highest BCUT2D eigenvalue weighted by atomic mass is 35.5. The van der Waals surface area contributed by atoms with E-state index in [0.29, 0.717) is 5.02 Å². The minimum absolute atomic E-state index is 0.142. The number of piperazine rings is 1. The Morgan fingerprint density at radius 3 is 2.36 bits per heavy atom. The molecule has 2 aromatic carbocycles. The van der Waals surface area contributed by atoms with E-state index in [4.69, 9.17) is 11.6 Å². The summed E-state index contributed by atoms with van der Waals surface area (Å²) >= 11 is 5.90. The summed E-state index contributed by atoms with van der Waals surface area (Å²) in [7, 11) is -3.65. The molecule has 3 rings (SSSR count). The summed E-state index contributed by atoms with van der Waals surface area (Å²) in [6.45, 7) is 2.77. The molecule has 0 bridgehead atoms. The highest BCUT2D eigenvalue weighted by Gasteiger charge is 2.30. The Morgan fingerprint density at radius 2 is 1.75 bits per heavy atom. The second-order valence-electron chi connectivity index (χ2n) is 6.57. The SMILES string of the molecule is CC(NC(=O)N1CCN(S(=O)(=O)c2cccc(Cl)c2)CC1)c1ccc(F)cc1. The van der Waals surface area contributed by atoms with E-state index in [1.54, 1.807) is 29.2 Å². The van der Waals surface area contributed by atoms with Gasteiger partial charge in [-0.15, -0.1) is 0 Å². The number of sulfonamides is 1. The molecule has 9 heteroatoms. The van der Waals surface area contributed by atoms with Gasteiger partial charge >= 0.3 is 6.03 Å². The van der Waals surface area contributed by atoms with Crippen LogP contribution >= 0.6 is 11.6 Å². The standard InChI is InChI=1S/C19H21ClFN3O3S/c1-14(15-5-7-17(21)8-6-15)22-19(25)23-9-11-24(12-10-23)28(26,27)18-4-2-3-16(20)13-18/h2-8,13-14H,9-12H2,1H3,(H,22,25). The summed E-state index contributed by atoms with van der Waals surface area (Å²) in [5.41, 5.74) is 0.789. The van der Waals surface area contributed by atoms with Gasteiger partial charge in [-0.1, -0.05) is 29.8 Å². The van der Waals surface area contributed by atoms with Crippen LogP contribution in [-0.4, -0.2) is 49.8 Å². The Labute approximate surface area is 168 Å². The zero-order chi connectivity index (χ0) is 20.3. The second-order valence-corrected chi connectivity index (χ2v) is 8.95. The molecule has 0 spiro atoms. The van der Waals surface area contributed by atoms with Crippen molar-refractivity contribution in [2.24, 2.45) is 0 Å². The maximum Gasteiger partial charge on any atom is 0.317 e. The summed E-state index contributed by atoms with van der Waals surface area (Å²) < 4.78 is 39.8.